The van der Waals surface area contributed by atoms with Gasteiger partial charge in [0.05, 0.1) is 5.01 Å². The van der Waals surface area contributed by atoms with Crippen molar-refractivity contribution in [3.05, 3.63) is 34.2 Å². The topological polar surface area (TPSA) is 41.9 Å². The summed E-state index contributed by atoms with van der Waals surface area (Å²) in [5.74, 6) is 1.80. The van der Waals surface area contributed by atoms with Gasteiger partial charge in [-0.1, -0.05) is 0 Å². The van der Waals surface area contributed by atoms with Crippen molar-refractivity contribution < 1.29 is 0 Å². The molecule has 0 aromatic carbocycles. The highest BCUT2D eigenvalue weighted by molar-refractivity contribution is 7.09. The maximum absolute atomic E-state index is 4.43. The van der Waals surface area contributed by atoms with Gasteiger partial charge in [0.25, 0.3) is 0 Å². The number of anilines is 1. The second kappa shape index (κ2) is 5.23. The molecule has 0 saturated carbocycles. The van der Waals surface area contributed by atoms with E-state index in [0.29, 0.717) is 0 Å². The van der Waals surface area contributed by atoms with Crippen LogP contribution in [0.4, 0.5) is 5.82 Å². The number of thiazole rings is 1. The molecule has 0 spiro atoms. The summed E-state index contributed by atoms with van der Waals surface area (Å²) in [7, 11) is 2.05. The molecule has 5 heteroatoms. The van der Waals surface area contributed by atoms with E-state index in [4.69, 9.17) is 0 Å². The molecule has 0 aliphatic carbocycles. The molecule has 0 atom stereocenters. The number of hydrogen-bond donors (Lipinski definition) is 0. The maximum Gasteiger partial charge on any atom is 0.132 e. The summed E-state index contributed by atoms with van der Waals surface area (Å²) in [5.41, 5.74) is 1.01. The molecule has 0 unspecified atom stereocenters. The van der Waals surface area contributed by atoms with E-state index in [-0.39, 0.29) is 0 Å². The summed E-state index contributed by atoms with van der Waals surface area (Å²) in [6, 6.07) is 2.01. The van der Waals surface area contributed by atoms with Gasteiger partial charge in [0.2, 0.25) is 0 Å². The number of rotatable bonds is 4. The maximum atomic E-state index is 4.43. The lowest BCUT2D eigenvalue weighted by Crippen LogP contribution is -2.22. The quantitative estimate of drug-likeness (QED) is 0.832. The molecule has 2 aromatic heterocycles. The SMILES string of the molecule is Cc1cc(N(C)CCc2nccs2)nc(C)n1. The zero-order valence-electron chi connectivity index (χ0n) is 10.3. The largest absolute Gasteiger partial charge is 0.359 e. The van der Waals surface area contributed by atoms with Crippen LogP contribution in [-0.4, -0.2) is 28.5 Å². The van der Waals surface area contributed by atoms with E-state index < -0.39 is 0 Å². The van der Waals surface area contributed by atoms with E-state index in [1.807, 2.05) is 31.5 Å². The molecular weight excluding hydrogens is 232 g/mol. The van der Waals surface area contributed by atoms with Crippen LogP contribution in [0.2, 0.25) is 0 Å². The Bertz CT molecular complexity index is 461. The lowest BCUT2D eigenvalue weighted by molar-refractivity contribution is 0.839. The van der Waals surface area contributed by atoms with Gasteiger partial charge in [-0.3, -0.25) is 0 Å². The third-order valence-electron chi connectivity index (χ3n) is 2.49. The van der Waals surface area contributed by atoms with E-state index in [2.05, 4.69) is 26.9 Å². The van der Waals surface area contributed by atoms with Crippen LogP contribution in [0.3, 0.4) is 0 Å². The molecule has 0 fully saturated rings. The molecule has 0 bridgehead atoms. The van der Waals surface area contributed by atoms with Gasteiger partial charge in [-0.05, 0) is 13.8 Å². The Morgan fingerprint density at radius 1 is 1.29 bits per heavy atom. The van der Waals surface area contributed by atoms with Crippen LogP contribution >= 0.6 is 11.3 Å². The first-order chi connectivity index (χ1) is 8.15. The zero-order chi connectivity index (χ0) is 12.3. The van der Waals surface area contributed by atoms with Crippen molar-refractivity contribution in [1.29, 1.82) is 0 Å². The molecule has 0 N–H and O–H groups in total. The normalized spacial score (nSPS) is 10.5. The predicted octanol–water partition coefficient (Wildman–Crippen LogP) is 2.23. The number of aromatic nitrogens is 3. The Labute approximate surface area is 105 Å². The number of nitrogens with zero attached hydrogens (tertiary/aromatic N) is 4. The van der Waals surface area contributed by atoms with Crippen LogP contribution in [0.25, 0.3) is 0 Å². The summed E-state index contributed by atoms with van der Waals surface area (Å²) in [6.45, 7) is 4.83. The minimum Gasteiger partial charge on any atom is -0.359 e. The number of likely N-dealkylation sites (N-methyl/N-ethyl adjacent to an activating group) is 1. The fourth-order valence-electron chi connectivity index (χ4n) is 1.65. The number of hydrogen-bond acceptors (Lipinski definition) is 5. The molecule has 0 aliphatic rings. The molecule has 4 nitrogen and oxygen atoms in total. The fraction of sp³-hybridized carbons (Fsp3) is 0.417. The van der Waals surface area contributed by atoms with Gasteiger partial charge in [0, 0.05) is 43.4 Å². The van der Waals surface area contributed by atoms with Gasteiger partial charge >= 0.3 is 0 Å². The molecule has 2 aromatic rings. The van der Waals surface area contributed by atoms with E-state index in [1.54, 1.807) is 11.3 Å². The minimum atomic E-state index is 0.820. The second-order valence-corrected chi connectivity index (χ2v) is 4.99. The number of aryl methyl sites for hydroxylation is 2. The smallest absolute Gasteiger partial charge is 0.132 e. The third kappa shape index (κ3) is 3.23. The average Bonchev–Trinajstić information content (AvgIpc) is 2.77. The molecule has 17 heavy (non-hydrogen) atoms. The van der Waals surface area contributed by atoms with Crippen LogP contribution in [0.15, 0.2) is 17.6 Å². The van der Waals surface area contributed by atoms with Gasteiger partial charge in [-0.2, -0.15) is 0 Å². The second-order valence-electron chi connectivity index (χ2n) is 4.01. The van der Waals surface area contributed by atoms with Crippen molar-refractivity contribution in [3.8, 4) is 0 Å². The molecule has 0 amide bonds. The molecule has 2 rings (SSSR count). The van der Waals surface area contributed by atoms with Crippen molar-refractivity contribution >= 4 is 17.2 Å². The van der Waals surface area contributed by atoms with E-state index in [1.165, 1.54) is 5.01 Å². The van der Waals surface area contributed by atoms with Crippen molar-refractivity contribution in [2.45, 2.75) is 20.3 Å². The van der Waals surface area contributed by atoms with Crippen LogP contribution in [0, 0.1) is 13.8 Å². The highest BCUT2D eigenvalue weighted by Crippen LogP contribution is 2.12. The highest BCUT2D eigenvalue weighted by atomic mass is 32.1. The molecule has 2 heterocycles. The van der Waals surface area contributed by atoms with Crippen molar-refractivity contribution in [1.82, 2.24) is 15.0 Å². The predicted molar refractivity (Wildman–Crippen MR) is 70.6 cm³/mol. The first-order valence-corrected chi connectivity index (χ1v) is 6.45. The van der Waals surface area contributed by atoms with Crippen LogP contribution in [0.5, 0.6) is 0 Å². The Kier molecular flexibility index (Phi) is 3.68. The summed E-state index contributed by atoms with van der Waals surface area (Å²) < 4.78 is 0. The van der Waals surface area contributed by atoms with Gasteiger partial charge in [0.15, 0.2) is 0 Å². The van der Waals surface area contributed by atoms with Crippen molar-refractivity contribution in [2.75, 3.05) is 18.5 Å². The van der Waals surface area contributed by atoms with Crippen LogP contribution < -0.4 is 4.90 Å². The third-order valence-corrected chi connectivity index (χ3v) is 3.33. The van der Waals surface area contributed by atoms with Crippen LogP contribution in [-0.2, 0) is 6.42 Å². The molecule has 0 aliphatic heterocycles. The van der Waals surface area contributed by atoms with E-state index in [9.17, 15) is 0 Å². The fourth-order valence-corrected chi connectivity index (χ4v) is 2.26. The Hall–Kier alpha value is -1.49. The lowest BCUT2D eigenvalue weighted by Gasteiger charge is -2.18. The molecule has 90 valence electrons. The Morgan fingerprint density at radius 2 is 2.12 bits per heavy atom. The molecule has 0 saturated heterocycles. The van der Waals surface area contributed by atoms with Crippen molar-refractivity contribution in [2.24, 2.45) is 0 Å². The zero-order valence-corrected chi connectivity index (χ0v) is 11.2. The lowest BCUT2D eigenvalue weighted by atomic mass is 10.3. The van der Waals surface area contributed by atoms with E-state index >= 15 is 0 Å². The summed E-state index contributed by atoms with van der Waals surface area (Å²) >= 11 is 1.70. The Morgan fingerprint density at radius 3 is 2.76 bits per heavy atom. The summed E-state index contributed by atoms with van der Waals surface area (Å²) in [5, 5.41) is 3.17. The monoisotopic (exact) mass is 248 g/mol. The molecular formula is C12H16N4S. The highest BCUT2D eigenvalue weighted by Gasteiger charge is 2.05. The standard InChI is InChI=1S/C12H16N4S/c1-9-8-11(15-10(2)14-9)16(3)6-4-12-13-5-7-17-12/h5,7-8H,4,6H2,1-3H3. The van der Waals surface area contributed by atoms with Gasteiger partial charge in [-0.25, -0.2) is 15.0 Å². The van der Waals surface area contributed by atoms with E-state index in [0.717, 1.165) is 30.3 Å². The first-order valence-electron chi connectivity index (χ1n) is 5.57. The van der Waals surface area contributed by atoms with Gasteiger partial charge < -0.3 is 4.90 Å². The Balaban J connectivity index is 2.01. The first kappa shape index (κ1) is 12.0. The van der Waals surface area contributed by atoms with Gasteiger partial charge in [0.1, 0.15) is 11.6 Å². The molecule has 0 radical (unpaired) electrons. The minimum absolute atomic E-state index is 0.820. The summed E-state index contributed by atoms with van der Waals surface area (Å²) in [4.78, 5) is 15.1. The summed E-state index contributed by atoms with van der Waals surface area (Å²) in [6.07, 6.45) is 2.80. The average molecular weight is 248 g/mol. The van der Waals surface area contributed by atoms with Crippen LogP contribution in [0.1, 0.15) is 16.5 Å². The van der Waals surface area contributed by atoms with Gasteiger partial charge in [-0.15, -0.1) is 11.3 Å². The van der Waals surface area contributed by atoms with Crippen molar-refractivity contribution in [3.63, 3.8) is 0 Å².